The van der Waals surface area contributed by atoms with E-state index < -0.39 is 0 Å². The second kappa shape index (κ2) is 7.01. The Balaban J connectivity index is 2.41. The molecule has 1 heterocycles. The van der Waals surface area contributed by atoms with E-state index >= 15 is 0 Å². The Morgan fingerprint density at radius 1 is 1.29 bits per heavy atom. The molecule has 0 bridgehead atoms. The first-order valence-corrected chi connectivity index (χ1v) is 9.03. The van der Waals surface area contributed by atoms with E-state index in [1.54, 1.807) is 18.5 Å². The van der Waals surface area contributed by atoms with Gasteiger partial charge in [-0.2, -0.15) is 5.10 Å². The molecule has 1 aromatic carbocycles. The number of rotatable bonds is 6. The lowest BCUT2D eigenvalue weighted by molar-refractivity contribution is 0.458. The predicted octanol–water partition coefficient (Wildman–Crippen LogP) is 4.27. The minimum atomic E-state index is -0.262. The van der Waals surface area contributed by atoms with Gasteiger partial charge >= 0.3 is 0 Å². The molecule has 0 aliphatic rings. The minimum absolute atomic E-state index is 0.218. The number of nitrogens with zero attached hydrogens (tertiary/aromatic N) is 3. The van der Waals surface area contributed by atoms with Gasteiger partial charge < -0.3 is 0 Å². The van der Waals surface area contributed by atoms with Crippen LogP contribution in [-0.2, 0) is 11.8 Å². The van der Waals surface area contributed by atoms with Gasteiger partial charge in [0, 0.05) is 28.5 Å². The molecule has 0 aliphatic carbocycles. The molecular formula is C15H18Br2FN3. The average Bonchev–Trinajstić information content (AvgIpc) is 2.93. The first-order valence-electron chi connectivity index (χ1n) is 6.79. The smallest absolute Gasteiger partial charge is 0.138 e. The standard InChI is InChI=1S/C15H18Br2FN3/c1-11(2)21-14(19-10-20-21)7-15(8-16,9-17)12-4-3-5-13(18)6-12/h3-6,10-11H,7-9H2,1-2H3. The molecule has 0 unspecified atom stereocenters. The van der Waals surface area contributed by atoms with E-state index in [1.165, 1.54) is 6.07 Å². The fraction of sp³-hybridized carbons (Fsp3) is 0.467. The topological polar surface area (TPSA) is 30.7 Å². The molecule has 0 saturated carbocycles. The summed E-state index contributed by atoms with van der Waals surface area (Å²) in [6.07, 6.45) is 2.26. The van der Waals surface area contributed by atoms with Crippen LogP contribution in [0.3, 0.4) is 0 Å². The van der Waals surface area contributed by atoms with Gasteiger partial charge in [0.05, 0.1) is 0 Å². The molecule has 0 fully saturated rings. The van der Waals surface area contributed by atoms with Gasteiger partial charge in [-0.25, -0.2) is 14.1 Å². The first kappa shape index (κ1) is 16.6. The van der Waals surface area contributed by atoms with Crippen LogP contribution < -0.4 is 0 Å². The summed E-state index contributed by atoms with van der Waals surface area (Å²) in [6, 6.07) is 7.02. The first-order chi connectivity index (χ1) is 10.0. The fourth-order valence-corrected chi connectivity index (χ4v) is 4.31. The van der Waals surface area contributed by atoms with Crippen molar-refractivity contribution in [3.05, 3.63) is 47.8 Å². The van der Waals surface area contributed by atoms with E-state index in [-0.39, 0.29) is 17.3 Å². The van der Waals surface area contributed by atoms with Crippen LogP contribution in [-0.4, -0.2) is 25.4 Å². The van der Waals surface area contributed by atoms with Crippen LogP contribution in [0.15, 0.2) is 30.6 Å². The zero-order chi connectivity index (χ0) is 15.5. The van der Waals surface area contributed by atoms with Crippen molar-refractivity contribution in [3.63, 3.8) is 0 Å². The highest BCUT2D eigenvalue weighted by atomic mass is 79.9. The largest absolute Gasteiger partial charge is 0.248 e. The summed E-state index contributed by atoms with van der Waals surface area (Å²) in [5, 5.41) is 5.70. The lowest BCUT2D eigenvalue weighted by Gasteiger charge is -2.30. The summed E-state index contributed by atoms with van der Waals surface area (Å²) in [7, 11) is 0. The van der Waals surface area contributed by atoms with Crippen LogP contribution in [0.1, 0.15) is 31.3 Å². The molecule has 0 saturated heterocycles. The Bertz CT molecular complexity index is 594. The van der Waals surface area contributed by atoms with Crippen molar-refractivity contribution in [3.8, 4) is 0 Å². The predicted molar refractivity (Wildman–Crippen MR) is 89.8 cm³/mol. The minimum Gasteiger partial charge on any atom is -0.248 e. The van der Waals surface area contributed by atoms with E-state index in [1.807, 2.05) is 10.7 Å². The third-order valence-corrected chi connectivity index (χ3v) is 5.73. The van der Waals surface area contributed by atoms with Crippen LogP contribution in [0.25, 0.3) is 0 Å². The second-order valence-electron chi connectivity index (χ2n) is 5.45. The third-order valence-electron chi connectivity index (χ3n) is 3.58. The van der Waals surface area contributed by atoms with E-state index in [0.29, 0.717) is 17.1 Å². The SMILES string of the molecule is CC(C)n1ncnc1CC(CBr)(CBr)c1cccc(F)c1. The van der Waals surface area contributed by atoms with Gasteiger partial charge in [-0.05, 0) is 31.5 Å². The van der Waals surface area contributed by atoms with Crippen molar-refractivity contribution in [2.45, 2.75) is 31.7 Å². The van der Waals surface area contributed by atoms with Crippen molar-refractivity contribution in [1.82, 2.24) is 14.8 Å². The third kappa shape index (κ3) is 3.54. The average molecular weight is 419 g/mol. The molecule has 0 atom stereocenters. The van der Waals surface area contributed by atoms with Gasteiger partial charge in [0.2, 0.25) is 0 Å². The van der Waals surface area contributed by atoms with Gasteiger partial charge in [-0.3, -0.25) is 0 Å². The summed E-state index contributed by atoms with van der Waals surface area (Å²) in [5.41, 5.74) is 0.691. The number of benzene rings is 1. The molecule has 2 rings (SSSR count). The Labute approximate surface area is 141 Å². The lowest BCUT2D eigenvalue weighted by atomic mass is 9.81. The number of alkyl halides is 2. The molecule has 2 aromatic rings. The number of hydrogen-bond donors (Lipinski definition) is 0. The van der Waals surface area contributed by atoms with Crippen molar-refractivity contribution in [1.29, 1.82) is 0 Å². The van der Waals surface area contributed by atoms with Crippen molar-refractivity contribution in [2.75, 3.05) is 10.7 Å². The summed E-state index contributed by atoms with van der Waals surface area (Å²) in [6.45, 7) is 4.15. The molecule has 1 aromatic heterocycles. The second-order valence-corrected chi connectivity index (χ2v) is 6.57. The van der Waals surface area contributed by atoms with E-state index in [2.05, 4.69) is 55.8 Å². The summed E-state index contributed by atoms with van der Waals surface area (Å²) in [4.78, 5) is 4.38. The molecule has 0 spiro atoms. The van der Waals surface area contributed by atoms with Crippen LogP contribution in [0.5, 0.6) is 0 Å². The van der Waals surface area contributed by atoms with Gasteiger partial charge in [0.1, 0.15) is 18.0 Å². The Kier molecular flexibility index (Phi) is 5.54. The van der Waals surface area contributed by atoms with Gasteiger partial charge in [0.25, 0.3) is 0 Å². The van der Waals surface area contributed by atoms with Crippen LogP contribution >= 0.6 is 31.9 Å². The van der Waals surface area contributed by atoms with Gasteiger partial charge in [-0.15, -0.1) is 0 Å². The Morgan fingerprint density at radius 2 is 2.00 bits per heavy atom. The van der Waals surface area contributed by atoms with E-state index in [9.17, 15) is 4.39 Å². The monoisotopic (exact) mass is 417 g/mol. The van der Waals surface area contributed by atoms with Crippen molar-refractivity contribution < 1.29 is 4.39 Å². The number of aromatic nitrogens is 3. The molecule has 21 heavy (non-hydrogen) atoms. The molecule has 6 heteroatoms. The highest BCUT2D eigenvalue weighted by Crippen LogP contribution is 2.33. The maximum Gasteiger partial charge on any atom is 0.138 e. The van der Waals surface area contributed by atoms with Crippen molar-refractivity contribution in [2.24, 2.45) is 0 Å². The Hall–Kier alpha value is -0.750. The quantitative estimate of drug-likeness (QED) is 0.656. The van der Waals surface area contributed by atoms with Crippen LogP contribution in [0.4, 0.5) is 4.39 Å². The maximum absolute atomic E-state index is 13.6. The molecule has 0 aliphatic heterocycles. The van der Waals surface area contributed by atoms with E-state index in [4.69, 9.17) is 0 Å². The number of hydrogen-bond acceptors (Lipinski definition) is 2. The van der Waals surface area contributed by atoms with Crippen LogP contribution in [0.2, 0.25) is 0 Å². The molecular weight excluding hydrogens is 401 g/mol. The van der Waals surface area contributed by atoms with Gasteiger partial charge in [0.15, 0.2) is 0 Å². The fourth-order valence-electron chi connectivity index (χ4n) is 2.34. The zero-order valence-electron chi connectivity index (χ0n) is 12.1. The molecule has 3 nitrogen and oxygen atoms in total. The highest BCUT2D eigenvalue weighted by molar-refractivity contribution is 9.09. The summed E-state index contributed by atoms with van der Waals surface area (Å²) < 4.78 is 15.5. The van der Waals surface area contributed by atoms with E-state index in [0.717, 1.165) is 11.4 Å². The maximum atomic E-state index is 13.6. The molecule has 0 radical (unpaired) electrons. The zero-order valence-corrected chi connectivity index (χ0v) is 15.2. The Morgan fingerprint density at radius 3 is 2.57 bits per heavy atom. The summed E-state index contributed by atoms with van der Waals surface area (Å²) in [5.74, 6) is 0.692. The number of halogens is 3. The van der Waals surface area contributed by atoms with Crippen molar-refractivity contribution >= 4 is 31.9 Å². The summed E-state index contributed by atoms with van der Waals surface area (Å²) >= 11 is 7.18. The normalized spacial score (nSPS) is 12.1. The molecule has 0 amide bonds. The van der Waals surface area contributed by atoms with Gasteiger partial charge in [-0.1, -0.05) is 44.0 Å². The highest BCUT2D eigenvalue weighted by Gasteiger charge is 2.33. The molecule has 0 N–H and O–H groups in total. The van der Waals surface area contributed by atoms with Crippen LogP contribution in [0, 0.1) is 5.82 Å². The lowest BCUT2D eigenvalue weighted by Crippen LogP contribution is -2.34. The molecule has 114 valence electrons.